The largest absolute Gasteiger partial charge is 0.349 e. The van der Waals surface area contributed by atoms with E-state index in [2.05, 4.69) is 17.2 Å². The molecule has 0 aliphatic heterocycles. The lowest BCUT2D eigenvalue weighted by Gasteiger charge is -2.34. The van der Waals surface area contributed by atoms with Crippen molar-refractivity contribution in [1.82, 2.24) is 10.6 Å². The molecule has 0 unspecified atom stereocenters. The summed E-state index contributed by atoms with van der Waals surface area (Å²) < 4.78 is 0. The van der Waals surface area contributed by atoms with Crippen molar-refractivity contribution in [3.8, 4) is 0 Å². The SMILES string of the molecule is C=CC[C@@](C)(NC(=O)C(C)(C)C)C(=O)NC(C)(C)C. The van der Waals surface area contributed by atoms with E-state index in [1.54, 1.807) is 13.0 Å². The average Bonchev–Trinajstić information content (AvgIpc) is 2.13. The summed E-state index contributed by atoms with van der Waals surface area (Å²) in [4.78, 5) is 24.5. The molecule has 0 aliphatic carbocycles. The Bertz CT molecular complexity index is 361. The van der Waals surface area contributed by atoms with Gasteiger partial charge in [0.15, 0.2) is 0 Å². The van der Waals surface area contributed by atoms with Gasteiger partial charge in [0.1, 0.15) is 5.54 Å². The molecule has 0 bridgehead atoms. The Morgan fingerprint density at radius 3 is 1.74 bits per heavy atom. The predicted molar refractivity (Wildman–Crippen MR) is 78.7 cm³/mol. The van der Waals surface area contributed by atoms with Crippen LogP contribution in [0.5, 0.6) is 0 Å². The van der Waals surface area contributed by atoms with Crippen LogP contribution >= 0.6 is 0 Å². The highest BCUT2D eigenvalue weighted by atomic mass is 16.2. The number of carbonyl (C=O) groups is 2. The van der Waals surface area contributed by atoms with Gasteiger partial charge in [0.2, 0.25) is 11.8 Å². The van der Waals surface area contributed by atoms with E-state index in [0.717, 1.165) is 0 Å². The summed E-state index contributed by atoms with van der Waals surface area (Å²) in [6.45, 7) is 16.6. The molecule has 19 heavy (non-hydrogen) atoms. The van der Waals surface area contributed by atoms with Crippen LogP contribution in [0.4, 0.5) is 0 Å². The summed E-state index contributed by atoms with van der Waals surface area (Å²) in [6, 6.07) is 0. The van der Waals surface area contributed by atoms with Gasteiger partial charge in [-0.15, -0.1) is 6.58 Å². The molecule has 4 nitrogen and oxygen atoms in total. The molecule has 2 amide bonds. The first-order valence-electron chi connectivity index (χ1n) is 6.58. The van der Waals surface area contributed by atoms with Crippen LogP contribution in [-0.2, 0) is 9.59 Å². The maximum atomic E-state index is 12.4. The van der Waals surface area contributed by atoms with Gasteiger partial charge < -0.3 is 10.6 Å². The summed E-state index contributed by atoms with van der Waals surface area (Å²) in [5, 5.41) is 5.73. The smallest absolute Gasteiger partial charge is 0.246 e. The number of hydrogen-bond acceptors (Lipinski definition) is 2. The standard InChI is InChI=1S/C15H28N2O2/c1-9-10-15(8,12(19)16-14(5,6)7)17-11(18)13(2,3)4/h9H,1,10H2,2-8H3,(H,16,19)(H,17,18)/t15-/m1/s1. The summed E-state index contributed by atoms with van der Waals surface area (Å²) in [5.41, 5.74) is -1.85. The zero-order chi connectivity index (χ0) is 15.5. The lowest BCUT2D eigenvalue weighted by Crippen LogP contribution is -2.61. The normalized spacial score (nSPS) is 15.3. The van der Waals surface area contributed by atoms with Gasteiger partial charge in [-0.1, -0.05) is 26.8 Å². The van der Waals surface area contributed by atoms with E-state index in [-0.39, 0.29) is 17.4 Å². The van der Waals surface area contributed by atoms with Gasteiger partial charge in [-0.25, -0.2) is 0 Å². The monoisotopic (exact) mass is 268 g/mol. The molecule has 0 radical (unpaired) electrons. The maximum absolute atomic E-state index is 12.4. The average molecular weight is 268 g/mol. The van der Waals surface area contributed by atoms with E-state index in [1.165, 1.54) is 0 Å². The van der Waals surface area contributed by atoms with Crippen LogP contribution in [0.15, 0.2) is 12.7 Å². The third kappa shape index (κ3) is 5.90. The fourth-order valence-corrected chi connectivity index (χ4v) is 1.41. The van der Waals surface area contributed by atoms with E-state index >= 15 is 0 Å². The second kappa shape index (κ2) is 5.76. The van der Waals surface area contributed by atoms with Crippen LogP contribution in [0.25, 0.3) is 0 Å². The molecule has 2 N–H and O–H groups in total. The van der Waals surface area contributed by atoms with Crippen LogP contribution in [0.2, 0.25) is 0 Å². The lowest BCUT2D eigenvalue weighted by molar-refractivity contribution is -0.137. The first kappa shape index (κ1) is 17.7. The van der Waals surface area contributed by atoms with Gasteiger partial charge in [-0.05, 0) is 34.1 Å². The minimum absolute atomic E-state index is 0.152. The van der Waals surface area contributed by atoms with Crippen molar-refractivity contribution in [2.45, 2.75) is 66.0 Å². The highest BCUT2D eigenvalue weighted by molar-refractivity contribution is 5.93. The highest BCUT2D eigenvalue weighted by Gasteiger charge is 2.37. The van der Waals surface area contributed by atoms with Gasteiger partial charge in [-0.2, -0.15) is 0 Å². The van der Waals surface area contributed by atoms with E-state index in [9.17, 15) is 9.59 Å². The molecule has 0 fully saturated rings. The zero-order valence-corrected chi connectivity index (χ0v) is 13.3. The first-order chi connectivity index (χ1) is 8.32. The Morgan fingerprint density at radius 1 is 0.947 bits per heavy atom. The number of rotatable bonds is 4. The quantitative estimate of drug-likeness (QED) is 0.769. The second-order valence-electron chi connectivity index (χ2n) is 7.23. The van der Waals surface area contributed by atoms with E-state index in [0.29, 0.717) is 6.42 Å². The van der Waals surface area contributed by atoms with Gasteiger partial charge in [-0.3, -0.25) is 9.59 Å². The molecule has 0 spiro atoms. The van der Waals surface area contributed by atoms with E-state index in [4.69, 9.17) is 0 Å². The molecule has 0 rings (SSSR count). The van der Waals surface area contributed by atoms with Crippen molar-refractivity contribution >= 4 is 11.8 Å². The molecule has 0 aromatic heterocycles. The van der Waals surface area contributed by atoms with E-state index in [1.807, 2.05) is 41.5 Å². The third-order valence-electron chi connectivity index (χ3n) is 2.61. The summed E-state index contributed by atoms with van der Waals surface area (Å²) in [7, 11) is 0. The zero-order valence-electron chi connectivity index (χ0n) is 13.3. The molecule has 110 valence electrons. The molecule has 0 aliphatic rings. The Morgan fingerprint density at radius 2 is 1.42 bits per heavy atom. The molecular formula is C15H28N2O2. The van der Waals surface area contributed by atoms with Crippen molar-refractivity contribution < 1.29 is 9.59 Å². The van der Waals surface area contributed by atoms with E-state index < -0.39 is 11.0 Å². The summed E-state index contributed by atoms with van der Waals surface area (Å²) in [5.74, 6) is -0.349. The fraction of sp³-hybridized carbons (Fsp3) is 0.733. The minimum Gasteiger partial charge on any atom is -0.349 e. The number of carbonyl (C=O) groups excluding carboxylic acids is 2. The van der Waals surface area contributed by atoms with Crippen LogP contribution in [0, 0.1) is 5.41 Å². The Labute approximate surface area is 117 Å². The number of amides is 2. The van der Waals surface area contributed by atoms with Gasteiger partial charge in [0.05, 0.1) is 0 Å². The molecule has 1 atom stereocenters. The van der Waals surface area contributed by atoms with Crippen LogP contribution < -0.4 is 10.6 Å². The Kier molecular flexibility index (Phi) is 5.36. The Hall–Kier alpha value is -1.32. The lowest BCUT2D eigenvalue weighted by atomic mass is 9.90. The third-order valence-corrected chi connectivity index (χ3v) is 2.61. The van der Waals surface area contributed by atoms with Crippen molar-refractivity contribution in [3.05, 3.63) is 12.7 Å². The van der Waals surface area contributed by atoms with Crippen molar-refractivity contribution in [1.29, 1.82) is 0 Å². The predicted octanol–water partition coefficient (Wildman–Crippen LogP) is 2.40. The highest BCUT2D eigenvalue weighted by Crippen LogP contribution is 2.19. The van der Waals surface area contributed by atoms with Crippen molar-refractivity contribution in [2.75, 3.05) is 0 Å². The van der Waals surface area contributed by atoms with Crippen LogP contribution in [-0.4, -0.2) is 22.9 Å². The van der Waals surface area contributed by atoms with Gasteiger partial charge in [0, 0.05) is 11.0 Å². The van der Waals surface area contributed by atoms with Gasteiger partial charge in [0.25, 0.3) is 0 Å². The van der Waals surface area contributed by atoms with Crippen LogP contribution in [0.3, 0.4) is 0 Å². The molecule has 0 saturated carbocycles. The minimum atomic E-state index is -0.973. The number of hydrogen-bond donors (Lipinski definition) is 2. The van der Waals surface area contributed by atoms with Gasteiger partial charge >= 0.3 is 0 Å². The first-order valence-corrected chi connectivity index (χ1v) is 6.58. The molecular weight excluding hydrogens is 240 g/mol. The molecule has 0 aromatic carbocycles. The topological polar surface area (TPSA) is 58.2 Å². The maximum Gasteiger partial charge on any atom is 0.246 e. The van der Waals surface area contributed by atoms with Crippen LogP contribution in [0.1, 0.15) is 54.9 Å². The fourth-order valence-electron chi connectivity index (χ4n) is 1.41. The van der Waals surface area contributed by atoms with Crippen molar-refractivity contribution in [2.24, 2.45) is 5.41 Å². The number of nitrogens with one attached hydrogen (secondary N) is 2. The summed E-state index contributed by atoms with van der Waals surface area (Å²) in [6.07, 6.45) is 2.03. The molecule has 0 heterocycles. The second-order valence-corrected chi connectivity index (χ2v) is 7.23. The molecule has 4 heteroatoms. The summed E-state index contributed by atoms with van der Waals surface area (Å²) >= 11 is 0. The van der Waals surface area contributed by atoms with Crippen molar-refractivity contribution in [3.63, 3.8) is 0 Å². The molecule has 0 aromatic rings. The Balaban J connectivity index is 5.10. The molecule has 0 saturated heterocycles.